The Bertz CT molecular complexity index is 602. The molecule has 5 nitrogen and oxygen atoms in total. The van der Waals surface area contributed by atoms with Crippen molar-refractivity contribution in [1.82, 2.24) is 9.80 Å². The predicted molar refractivity (Wildman–Crippen MR) is 89.7 cm³/mol. The van der Waals surface area contributed by atoms with E-state index in [2.05, 4.69) is 15.0 Å². The Morgan fingerprint density at radius 1 is 1.23 bits per heavy atom. The molecule has 1 aromatic carbocycles. The average molecular weight is 377 g/mol. The molecule has 0 aromatic heterocycles. The lowest BCUT2D eigenvalue weighted by atomic mass is 10.2. The van der Waals surface area contributed by atoms with Gasteiger partial charge in [-0.1, -0.05) is 6.07 Å². The summed E-state index contributed by atoms with van der Waals surface area (Å²) in [6.07, 6.45) is -3.79. The summed E-state index contributed by atoms with van der Waals surface area (Å²) in [5, 5.41) is 2.67. The topological polar surface area (TPSA) is 44.8 Å². The van der Waals surface area contributed by atoms with Crippen molar-refractivity contribution >= 4 is 11.7 Å². The molecule has 146 valence electrons. The number of piperazine rings is 1. The lowest BCUT2D eigenvalue weighted by Crippen LogP contribution is -2.50. The van der Waals surface area contributed by atoms with Gasteiger partial charge in [-0.05, 0) is 31.0 Å². The van der Waals surface area contributed by atoms with Gasteiger partial charge >= 0.3 is 12.2 Å². The first kappa shape index (κ1) is 20.4. The first-order valence-electron chi connectivity index (χ1n) is 8.43. The quantitative estimate of drug-likeness (QED) is 0.611. The molecule has 1 saturated heterocycles. The zero-order valence-electron chi connectivity index (χ0n) is 14.6. The smallest absolute Gasteiger partial charge is 0.372 e. The summed E-state index contributed by atoms with van der Waals surface area (Å²) in [6.45, 7) is 3.38. The standard InChI is InChI=1S/C17H23F4N3O2/c1-13-3-4-14(11-15(13)18)22-16(25)24-8-6-23(7-9-24)5-2-10-26-12-17(19,20)21/h3-4,11H,2,5-10,12H2,1H3,(H,22,25). The third-order valence-electron chi connectivity index (χ3n) is 4.11. The van der Waals surface area contributed by atoms with Gasteiger partial charge in [0, 0.05) is 45.0 Å². The maximum absolute atomic E-state index is 13.5. The molecule has 1 heterocycles. The van der Waals surface area contributed by atoms with Crippen molar-refractivity contribution in [2.24, 2.45) is 0 Å². The molecule has 0 atom stereocenters. The molecular formula is C17H23F4N3O2. The third-order valence-corrected chi connectivity index (χ3v) is 4.11. The Balaban J connectivity index is 1.66. The van der Waals surface area contributed by atoms with Gasteiger partial charge in [0.25, 0.3) is 0 Å². The van der Waals surface area contributed by atoms with Crippen molar-refractivity contribution in [2.75, 3.05) is 51.3 Å². The minimum atomic E-state index is -4.29. The minimum Gasteiger partial charge on any atom is -0.372 e. The molecule has 1 aliphatic rings. The van der Waals surface area contributed by atoms with Gasteiger partial charge in [-0.2, -0.15) is 13.2 Å². The highest BCUT2D eigenvalue weighted by molar-refractivity contribution is 5.89. The highest BCUT2D eigenvalue weighted by atomic mass is 19.4. The Labute approximate surface area is 149 Å². The normalized spacial score (nSPS) is 16.0. The third kappa shape index (κ3) is 6.80. The zero-order valence-corrected chi connectivity index (χ0v) is 14.6. The van der Waals surface area contributed by atoms with E-state index in [1.54, 1.807) is 24.0 Å². The number of anilines is 1. The molecule has 2 rings (SSSR count). The number of ether oxygens (including phenoxy) is 1. The number of amides is 2. The summed E-state index contributed by atoms with van der Waals surface area (Å²) < 4.78 is 54.0. The highest BCUT2D eigenvalue weighted by Gasteiger charge is 2.27. The van der Waals surface area contributed by atoms with E-state index >= 15 is 0 Å². The van der Waals surface area contributed by atoms with E-state index in [-0.39, 0.29) is 18.5 Å². The van der Waals surface area contributed by atoms with Gasteiger partial charge in [0.15, 0.2) is 0 Å². The van der Waals surface area contributed by atoms with Crippen LogP contribution in [0.5, 0.6) is 0 Å². The molecule has 0 spiro atoms. The van der Waals surface area contributed by atoms with Crippen LogP contribution < -0.4 is 5.32 Å². The number of benzene rings is 1. The molecule has 2 amide bonds. The molecule has 1 N–H and O–H groups in total. The van der Waals surface area contributed by atoms with Crippen molar-refractivity contribution in [3.8, 4) is 0 Å². The van der Waals surface area contributed by atoms with E-state index in [1.165, 1.54) is 6.07 Å². The maximum atomic E-state index is 13.5. The molecule has 1 aliphatic heterocycles. The number of nitrogens with zero attached hydrogens (tertiary/aromatic N) is 2. The summed E-state index contributed by atoms with van der Waals surface area (Å²) in [5.41, 5.74) is 0.915. The fourth-order valence-electron chi connectivity index (χ4n) is 2.63. The SMILES string of the molecule is Cc1ccc(NC(=O)N2CCN(CCCOCC(F)(F)F)CC2)cc1F. The van der Waals surface area contributed by atoms with Crippen LogP contribution in [-0.4, -0.2) is 67.9 Å². The number of aryl methyl sites for hydroxylation is 1. The Hall–Kier alpha value is -1.87. The van der Waals surface area contributed by atoms with E-state index in [4.69, 9.17) is 0 Å². The molecular weight excluding hydrogens is 354 g/mol. The number of rotatable bonds is 6. The summed E-state index contributed by atoms with van der Waals surface area (Å²) in [4.78, 5) is 15.9. The summed E-state index contributed by atoms with van der Waals surface area (Å²) in [7, 11) is 0. The number of nitrogens with one attached hydrogen (secondary N) is 1. The van der Waals surface area contributed by atoms with Crippen LogP contribution in [-0.2, 0) is 4.74 Å². The van der Waals surface area contributed by atoms with Gasteiger partial charge in [0.2, 0.25) is 0 Å². The van der Waals surface area contributed by atoms with Crippen LogP contribution in [0, 0.1) is 12.7 Å². The molecule has 0 unspecified atom stereocenters. The van der Waals surface area contributed by atoms with Crippen molar-refractivity contribution in [2.45, 2.75) is 19.5 Å². The number of alkyl halides is 3. The number of carbonyl (C=O) groups is 1. The lowest BCUT2D eigenvalue weighted by molar-refractivity contribution is -0.174. The predicted octanol–water partition coefficient (Wildman–Crippen LogP) is 3.25. The van der Waals surface area contributed by atoms with Crippen LogP contribution >= 0.6 is 0 Å². The number of carbonyl (C=O) groups excluding carboxylic acids is 1. The monoisotopic (exact) mass is 377 g/mol. The van der Waals surface area contributed by atoms with Crippen LogP contribution in [0.25, 0.3) is 0 Å². The molecule has 0 saturated carbocycles. The largest absolute Gasteiger partial charge is 0.411 e. The van der Waals surface area contributed by atoms with Gasteiger partial charge < -0.3 is 15.0 Å². The minimum absolute atomic E-state index is 0.0548. The number of hydrogen-bond donors (Lipinski definition) is 1. The average Bonchev–Trinajstić information content (AvgIpc) is 2.57. The second-order valence-corrected chi connectivity index (χ2v) is 6.24. The zero-order chi connectivity index (χ0) is 19.2. The van der Waals surface area contributed by atoms with Crippen molar-refractivity contribution in [3.63, 3.8) is 0 Å². The highest BCUT2D eigenvalue weighted by Crippen LogP contribution is 2.15. The van der Waals surface area contributed by atoms with Crippen molar-refractivity contribution < 1.29 is 27.1 Å². The van der Waals surface area contributed by atoms with Crippen LogP contribution in [0.1, 0.15) is 12.0 Å². The van der Waals surface area contributed by atoms with Crippen LogP contribution in [0.15, 0.2) is 18.2 Å². The first-order chi connectivity index (χ1) is 12.2. The van der Waals surface area contributed by atoms with E-state index < -0.39 is 12.8 Å². The van der Waals surface area contributed by atoms with Crippen LogP contribution in [0.3, 0.4) is 0 Å². The fourth-order valence-corrected chi connectivity index (χ4v) is 2.63. The van der Waals surface area contributed by atoms with Gasteiger partial charge in [0.1, 0.15) is 12.4 Å². The van der Waals surface area contributed by atoms with Gasteiger partial charge in [-0.3, -0.25) is 4.90 Å². The number of hydrogen-bond acceptors (Lipinski definition) is 3. The second-order valence-electron chi connectivity index (χ2n) is 6.24. The molecule has 26 heavy (non-hydrogen) atoms. The molecule has 9 heteroatoms. The molecule has 0 bridgehead atoms. The molecule has 0 aliphatic carbocycles. The molecule has 0 radical (unpaired) electrons. The van der Waals surface area contributed by atoms with Gasteiger partial charge in [0.05, 0.1) is 0 Å². The van der Waals surface area contributed by atoms with E-state index in [9.17, 15) is 22.4 Å². The lowest BCUT2D eigenvalue weighted by Gasteiger charge is -2.34. The second kappa shape index (κ2) is 9.18. The number of urea groups is 1. The molecule has 1 aromatic rings. The Morgan fingerprint density at radius 2 is 1.92 bits per heavy atom. The number of halogens is 4. The summed E-state index contributed by atoms with van der Waals surface area (Å²) in [5.74, 6) is -0.375. The van der Waals surface area contributed by atoms with E-state index in [0.29, 0.717) is 50.4 Å². The van der Waals surface area contributed by atoms with Gasteiger partial charge in [-0.25, -0.2) is 9.18 Å². The summed E-state index contributed by atoms with van der Waals surface area (Å²) in [6, 6.07) is 4.24. The fraction of sp³-hybridized carbons (Fsp3) is 0.588. The van der Waals surface area contributed by atoms with Crippen molar-refractivity contribution in [3.05, 3.63) is 29.6 Å². The van der Waals surface area contributed by atoms with Gasteiger partial charge in [-0.15, -0.1) is 0 Å². The van der Waals surface area contributed by atoms with Crippen LogP contribution in [0.2, 0.25) is 0 Å². The molecule has 1 fully saturated rings. The Kier molecular flexibility index (Phi) is 7.22. The summed E-state index contributed by atoms with van der Waals surface area (Å²) >= 11 is 0. The maximum Gasteiger partial charge on any atom is 0.411 e. The first-order valence-corrected chi connectivity index (χ1v) is 8.43. The Morgan fingerprint density at radius 3 is 2.54 bits per heavy atom. The van der Waals surface area contributed by atoms with E-state index in [1.807, 2.05) is 0 Å². The van der Waals surface area contributed by atoms with Crippen LogP contribution in [0.4, 0.5) is 28.0 Å². The van der Waals surface area contributed by atoms with Crippen molar-refractivity contribution in [1.29, 1.82) is 0 Å². The van der Waals surface area contributed by atoms with E-state index in [0.717, 1.165) is 0 Å².